The van der Waals surface area contributed by atoms with Gasteiger partial charge in [-0.3, -0.25) is 0 Å². The Labute approximate surface area is 109 Å². The van der Waals surface area contributed by atoms with Crippen molar-refractivity contribution in [3.05, 3.63) is 45.2 Å². The Balaban J connectivity index is 2.19. The molecule has 0 saturated carbocycles. The topological polar surface area (TPSA) is 48.7 Å². The monoisotopic (exact) mass is 261 g/mol. The minimum atomic E-state index is -0.369. The number of thiazole rings is 1. The number of nitriles is 1. The van der Waals surface area contributed by atoms with Gasteiger partial charge in [0.15, 0.2) is 0 Å². The Morgan fingerprint density at radius 2 is 2.22 bits per heavy atom. The Kier molecular flexibility index (Phi) is 3.58. The molecule has 1 heterocycles. The highest BCUT2D eigenvalue weighted by atomic mass is 32.1. The van der Waals surface area contributed by atoms with Crippen LogP contribution in [0.25, 0.3) is 0 Å². The highest BCUT2D eigenvalue weighted by Gasteiger charge is 2.07. The fourth-order valence-electron chi connectivity index (χ4n) is 1.60. The molecule has 18 heavy (non-hydrogen) atoms. The molecule has 0 amide bonds. The van der Waals surface area contributed by atoms with Crippen LogP contribution < -0.4 is 5.32 Å². The molecule has 5 heteroatoms. The van der Waals surface area contributed by atoms with Crippen molar-refractivity contribution < 1.29 is 4.39 Å². The number of rotatable bonds is 3. The van der Waals surface area contributed by atoms with Gasteiger partial charge in [0.1, 0.15) is 5.82 Å². The number of hydrogen-bond donors (Lipinski definition) is 1. The molecule has 0 aliphatic rings. The molecule has 0 radical (unpaired) electrons. The van der Waals surface area contributed by atoms with Crippen molar-refractivity contribution in [1.29, 1.82) is 5.26 Å². The lowest BCUT2D eigenvalue weighted by molar-refractivity contribution is 0.618. The lowest BCUT2D eigenvalue weighted by Crippen LogP contribution is -2.03. The number of hydrogen-bond acceptors (Lipinski definition) is 4. The average Bonchev–Trinajstić information content (AvgIpc) is 2.77. The van der Waals surface area contributed by atoms with E-state index in [2.05, 4.69) is 10.3 Å². The van der Waals surface area contributed by atoms with Gasteiger partial charge in [-0.2, -0.15) is 5.26 Å². The van der Waals surface area contributed by atoms with Crippen molar-refractivity contribution in [2.75, 3.05) is 5.32 Å². The second-order valence-electron chi connectivity index (χ2n) is 3.95. The molecule has 0 unspecified atom stereocenters. The first-order valence-corrected chi connectivity index (χ1v) is 6.33. The first-order valence-electron chi connectivity index (χ1n) is 5.45. The molecular weight excluding hydrogens is 249 g/mol. The normalized spacial score (nSPS) is 10.1. The maximum atomic E-state index is 13.6. The third-order valence-corrected chi connectivity index (χ3v) is 3.42. The molecule has 1 N–H and O–H groups in total. The maximum Gasteiger partial charge on any atom is 0.129 e. The first kappa shape index (κ1) is 12.5. The summed E-state index contributed by atoms with van der Waals surface area (Å²) in [6.45, 7) is 4.15. The van der Waals surface area contributed by atoms with Crippen LogP contribution in [0.3, 0.4) is 0 Å². The highest BCUT2D eigenvalue weighted by Crippen LogP contribution is 2.21. The van der Waals surface area contributed by atoms with Gasteiger partial charge in [-0.15, -0.1) is 11.3 Å². The number of aromatic nitrogens is 1. The SMILES string of the molecule is Cc1nc(CNc2cc(C#N)cc(F)c2C)cs1. The molecule has 0 saturated heterocycles. The summed E-state index contributed by atoms with van der Waals surface area (Å²) in [4.78, 5) is 4.32. The number of nitrogens with one attached hydrogen (secondary N) is 1. The van der Waals surface area contributed by atoms with Crippen LogP contribution in [-0.2, 0) is 6.54 Å². The van der Waals surface area contributed by atoms with Crippen LogP contribution in [0.5, 0.6) is 0 Å². The van der Waals surface area contributed by atoms with Gasteiger partial charge in [0.05, 0.1) is 28.9 Å². The number of benzene rings is 1. The van der Waals surface area contributed by atoms with E-state index in [1.54, 1.807) is 24.3 Å². The van der Waals surface area contributed by atoms with Gasteiger partial charge in [0, 0.05) is 16.6 Å². The maximum absolute atomic E-state index is 13.6. The van der Waals surface area contributed by atoms with Gasteiger partial charge in [-0.25, -0.2) is 9.37 Å². The fourth-order valence-corrected chi connectivity index (χ4v) is 2.21. The molecule has 0 bridgehead atoms. The predicted molar refractivity (Wildman–Crippen MR) is 70.0 cm³/mol. The highest BCUT2D eigenvalue weighted by molar-refractivity contribution is 7.09. The number of anilines is 1. The van der Waals surface area contributed by atoms with E-state index in [4.69, 9.17) is 5.26 Å². The van der Waals surface area contributed by atoms with Crippen LogP contribution in [0.4, 0.5) is 10.1 Å². The molecule has 0 atom stereocenters. The van der Waals surface area contributed by atoms with E-state index >= 15 is 0 Å². The van der Waals surface area contributed by atoms with E-state index in [1.807, 2.05) is 18.4 Å². The number of aryl methyl sites for hydroxylation is 1. The number of halogens is 1. The van der Waals surface area contributed by atoms with Gasteiger partial charge >= 0.3 is 0 Å². The Bertz CT molecular complexity index is 613. The minimum Gasteiger partial charge on any atom is -0.379 e. The molecule has 1 aromatic carbocycles. The number of nitrogens with zero attached hydrogens (tertiary/aromatic N) is 2. The molecule has 92 valence electrons. The zero-order valence-electron chi connectivity index (χ0n) is 10.1. The molecule has 0 fully saturated rings. The first-order chi connectivity index (χ1) is 8.60. The summed E-state index contributed by atoms with van der Waals surface area (Å²) in [5.41, 5.74) is 2.38. The van der Waals surface area contributed by atoms with Crippen molar-refractivity contribution in [2.24, 2.45) is 0 Å². The molecule has 0 aliphatic heterocycles. The Hall–Kier alpha value is -1.93. The molecule has 2 rings (SSSR count). The second kappa shape index (κ2) is 5.15. The van der Waals surface area contributed by atoms with Gasteiger partial charge in [0.2, 0.25) is 0 Å². The second-order valence-corrected chi connectivity index (χ2v) is 5.02. The quantitative estimate of drug-likeness (QED) is 0.921. The molecule has 2 aromatic rings. The van der Waals surface area contributed by atoms with Gasteiger partial charge in [0.25, 0.3) is 0 Å². The summed E-state index contributed by atoms with van der Waals surface area (Å²) in [7, 11) is 0. The smallest absolute Gasteiger partial charge is 0.129 e. The van der Waals surface area contributed by atoms with Gasteiger partial charge in [-0.1, -0.05) is 0 Å². The lowest BCUT2D eigenvalue weighted by Gasteiger charge is -2.09. The summed E-state index contributed by atoms with van der Waals surface area (Å²) in [6, 6.07) is 4.84. The van der Waals surface area contributed by atoms with Crippen LogP contribution in [0.15, 0.2) is 17.5 Å². The van der Waals surface area contributed by atoms with Crippen LogP contribution in [-0.4, -0.2) is 4.98 Å². The molecule has 0 spiro atoms. The van der Waals surface area contributed by atoms with E-state index in [-0.39, 0.29) is 5.82 Å². The average molecular weight is 261 g/mol. The van der Waals surface area contributed by atoms with Crippen molar-refractivity contribution >= 4 is 17.0 Å². The summed E-state index contributed by atoms with van der Waals surface area (Å²) in [5.74, 6) is -0.369. The minimum absolute atomic E-state index is 0.315. The van der Waals surface area contributed by atoms with E-state index in [0.29, 0.717) is 23.4 Å². The lowest BCUT2D eigenvalue weighted by atomic mass is 10.1. The van der Waals surface area contributed by atoms with Crippen molar-refractivity contribution in [3.8, 4) is 6.07 Å². The van der Waals surface area contributed by atoms with E-state index < -0.39 is 0 Å². The third-order valence-electron chi connectivity index (χ3n) is 2.60. The van der Waals surface area contributed by atoms with Crippen LogP contribution >= 0.6 is 11.3 Å². The van der Waals surface area contributed by atoms with Crippen LogP contribution in [0, 0.1) is 31.0 Å². The molecule has 3 nitrogen and oxygen atoms in total. The van der Waals surface area contributed by atoms with Gasteiger partial charge in [-0.05, 0) is 26.0 Å². The fraction of sp³-hybridized carbons (Fsp3) is 0.231. The molecular formula is C13H12FN3S. The van der Waals surface area contributed by atoms with Crippen molar-refractivity contribution in [3.63, 3.8) is 0 Å². The largest absolute Gasteiger partial charge is 0.379 e. The Morgan fingerprint density at radius 1 is 1.44 bits per heavy atom. The molecule has 1 aromatic heterocycles. The van der Waals surface area contributed by atoms with Crippen molar-refractivity contribution in [2.45, 2.75) is 20.4 Å². The summed E-state index contributed by atoms with van der Waals surface area (Å²) in [5, 5.41) is 14.9. The summed E-state index contributed by atoms with van der Waals surface area (Å²) >= 11 is 1.58. The zero-order chi connectivity index (χ0) is 13.1. The molecule has 0 aliphatic carbocycles. The van der Waals surface area contributed by atoms with Crippen molar-refractivity contribution in [1.82, 2.24) is 4.98 Å². The van der Waals surface area contributed by atoms with Gasteiger partial charge < -0.3 is 5.32 Å². The standard InChI is InChI=1S/C13H12FN3S/c1-8-12(14)3-10(5-15)4-13(8)16-6-11-7-18-9(2)17-11/h3-4,7,16H,6H2,1-2H3. The van der Waals surface area contributed by atoms with E-state index in [9.17, 15) is 4.39 Å². The van der Waals surface area contributed by atoms with E-state index in [1.165, 1.54) is 6.07 Å². The summed E-state index contributed by atoms with van der Waals surface area (Å²) in [6.07, 6.45) is 0. The van der Waals surface area contributed by atoms with Crippen LogP contribution in [0.1, 0.15) is 21.8 Å². The van der Waals surface area contributed by atoms with E-state index in [0.717, 1.165) is 10.7 Å². The predicted octanol–water partition coefficient (Wildman–Crippen LogP) is 3.38. The van der Waals surface area contributed by atoms with Crippen LogP contribution in [0.2, 0.25) is 0 Å². The zero-order valence-corrected chi connectivity index (χ0v) is 10.9. The summed E-state index contributed by atoms with van der Waals surface area (Å²) < 4.78 is 13.6. The Morgan fingerprint density at radius 3 is 2.83 bits per heavy atom. The third kappa shape index (κ3) is 2.66.